The Morgan fingerprint density at radius 2 is 2.00 bits per heavy atom. The lowest BCUT2D eigenvalue weighted by Crippen LogP contribution is -2.55. The predicted octanol–water partition coefficient (Wildman–Crippen LogP) is 2.42. The minimum absolute atomic E-state index is 0.120. The van der Waals surface area contributed by atoms with E-state index in [2.05, 4.69) is 20.5 Å². The van der Waals surface area contributed by atoms with Gasteiger partial charge in [0.15, 0.2) is 17.6 Å². The number of piperidine rings is 1. The van der Waals surface area contributed by atoms with Crippen LogP contribution >= 0.6 is 0 Å². The number of hydrogen-bond acceptors (Lipinski definition) is 7. The Morgan fingerprint density at radius 3 is 2.70 bits per heavy atom. The second-order valence-corrected chi connectivity index (χ2v) is 8.74. The average molecular weight is 454 g/mol. The first kappa shape index (κ1) is 21.4. The summed E-state index contributed by atoms with van der Waals surface area (Å²) in [7, 11) is 3.14. The minimum Gasteiger partial charge on any atom is -0.507 e. The maximum Gasteiger partial charge on any atom is 0.253 e. The molecule has 3 aromatic rings. The van der Waals surface area contributed by atoms with Crippen molar-refractivity contribution in [2.45, 2.75) is 43.6 Å². The third kappa shape index (κ3) is 3.84. The molecule has 2 fully saturated rings. The summed E-state index contributed by atoms with van der Waals surface area (Å²) < 4.78 is 29.7. The zero-order valence-electron chi connectivity index (χ0n) is 18.2. The molecule has 2 N–H and O–H groups in total. The van der Waals surface area contributed by atoms with E-state index in [-0.39, 0.29) is 23.7 Å². The van der Waals surface area contributed by atoms with Crippen LogP contribution in [0.25, 0.3) is 22.5 Å². The van der Waals surface area contributed by atoms with E-state index in [0.29, 0.717) is 35.0 Å². The van der Waals surface area contributed by atoms with Crippen LogP contribution in [0.5, 0.6) is 5.75 Å². The maximum absolute atomic E-state index is 14.9. The Balaban J connectivity index is 1.37. The van der Waals surface area contributed by atoms with Gasteiger partial charge in [-0.1, -0.05) is 6.07 Å². The Labute approximate surface area is 188 Å². The molecule has 4 heterocycles. The van der Waals surface area contributed by atoms with E-state index in [0.717, 1.165) is 17.4 Å². The molecule has 2 aromatic heterocycles. The van der Waals surface area contributed by atoms with Gasteiger partial charge in [-0.15, -0.1) is 10.2 Å². The largest absolute Gasteiger partial charge is 0.507 e. The SMILES string of the molecule is CN(c1cnc(-c2ccc(-c3cc(F)n(C)c(=O)c3)cc2O)nn1)[C@H]1C[C@@H]2CC[C@@H](N2)[C@H]1F. The Morgan fingerprint density at radius 1 is 1.18 bits per heavy atom. The molecular formula is C23H24F2N6O2. The van der Waals surface area contributed by atoms with E-state index in [9.17, 15) is 18.7 Å². The van der Waals surface area contributed by atoms with Crippen LogP contribution in [0.1, 0.15) is 19.3 Å². The highest BCUT2D eigenvalue weighted by atomic mass is 19.1. The molecule has 2 aliphatic rings. The summed E-state index contributed by atoms with van der Waals surface area (Å²) in [5.41, 5.74) is 0.683. The van der Waals surface area contributed by atoms with Crippen molar-refractivity contribution in [2.24, 2.45) is 7.05 Å². The number of aromatic nitrogens is 4. The fraction of sp³-hybridized carbons (Fsp3) is 0.391. The van der Waals surface area contributed by atoms with Crippen LogP contribution in [0, 0.1) is 5.95 Å². The molecule has 0 amide bonds. The Kier molecular flexibility index (Phi) is 5.32. The summed E-state index contributed by atoms with van der Waals surface area (Å²) >= 11 is 0. The van der Waals surface area contributed by atoms with Crippen molar-refractivity contribution in [3.8, 4) is 28.3 Å². The number of phenolic OH excluding ortho intramolecular Hbond substituents is 1. The van der Waals surface area contributed by atoms with Gasteiger partial charge in [-0.05, 0) is 48.6 Å². The molecule has 4 atom stereocenters. The van der Waals surface area contributed by atoms with E-state index in [4.69, 9.17) is 0 Å². The number of fused-ring (bicyclic) bond motifs is 2. The molecule has 33 heavy (non-hydrogen) atoms. The summed E-state index contributed by atoms with van der Waals surface area (Å²) in [6.45, 7) is 0. The first-order valence-corrected chi connectivity index (χ1v) is 10.8. The summed E-state index contributed by atoms with van der Waals surface area (Å²) in [6.07, 6.45) is 3.05. The van der Waals surface area contributed by atoms with E-state index in [1.54, 1.807) is 24.1 Å². The normalized spacial score (nSPS) is 24.1. The fourth-order valence-corrected chi connectivity index (χ4v) is 4.74. The number of nitrogens with zero attached hydrogens (tertiary/aromatic N) is 5. The van der Waals surface area contributed by atoms with Gasteiger partial charge in [0.1, 0.15) is 11.9 Å². The molecule has 0 spiro atoms. The highest BCUT2D eigenvalue weighted by Crippen LogP contribution is 2.34. The van der Waals surface area contributed by atoms with Crippen LogP contribution in [-0.2, 0) is 7.05 Å². The molecule has 172 valence electrons. The zero-order chi connectivity index (χ0) is 23.3. The van der Waals surface area contributed by atoms with E-state index < -0.39 is 17.7 Å². The van der Waals surface area contributed by atoms with Gasteiger partial charge in [0.25, 0.3) is 5.56 Å². The number of anilines is 1. The highest BCUT2D eigenvalue weighted by molar-refractivity contribution is 5.72. The smallest absolute Gasteiger partial charge is 0.253 e. The summed E-state index contributed by atoms with van der Waals surface area (Å²) in [5.74, 6) is -0.145. The van der Waals surface area contributed by atoms with Gasteiger partial charge < -0.3 is 15.3 Å². The van der Waals surface area contributed by atoms with Gasteiger partial charge in [-0.3, -0.25) is 9.36 Å². The lowest BCUT2D eigenvalue weighted by atomic mass is 9.96. The molecule has 0 radical (unpaired) electrons. The number of aromatic hydroxyl groups is 1. The van der Waals surface area contributed by atoms with Gasteiger partial charge in [-0.2, -0.15) is 4.39 Å². The van der Waals surface area contributed by atoms with Crippen LogP contribution in [0.2, 0.25) is 0 Å². The molecule has 5 rings (SSSR count). The van der Waals surface area contributed by atoms with Gasteiger partial charge in [0, 0.05) is 32.2 Å². The lowest BCUT2D eigenvalue weighted by Gasteiger charge is -2.38. The quantitative estimate of drug-likeness (QED) is 0.585. The average Bonchev–Trinajstić information content (AvgIpc) is 3.22. The van der Waals surface area contributed by atoms with Crippen LogP contribution in [-0.4, -0.2) is 56.2 Å². The number of nitrogens with one attached hydrogen (secondary N) is 1. The van der Waals surface area contributed by atoms with Crippen molar-refractivity contribution in [3.63, 3.8) is 0 Å². The second-order valence-electron chi connectivity index (χ2n) is 8.74. The number of rotatable bonds is 4. The van der Waals surface area contributed by atoms with Crippen molar-refractivity contribution in [2.75, 3.05) is 11.9 Å². The van der Waals surface area contributed by atoms with E-state index in [1.165, 1.54) is 31.4 Å². The molecule has 2 saturated heterocycles. The Bertz CT molecular complexity index is 1250. The first-order chi connectivity index (χ1) is 15.8. The molecule has 10 heteroatoms. The number of alkyl halides is 1. The predicted molar refractivity (Wildman–Crippen MR) is 119 cm³/mol. The number of benzene rings is 1. The maximum atomic E-state index is 14.9. The molecule has 8 nitrogen and oxygen atoms in total. The summed E-state index contributed by atoms with van der Waals surface area (Å²) in [4.78, 5) is 18.0. The molecular weight excluding hydrogens is 430 g/mol. The molecule has 2 aliphatic heterocycles. The standard InChI is InChI=1S/C23H24F2N6O2/c1-30(17-10-14-4-6-16(27-14)22(17)25)20-11-26-23(29-28-20)15-5-3-12(7-18(15)32)13-8-19(24)31(2)21(33)9-13/h3,5,7-9,11,14,16-17,22,27,32H,4,6,10H2,1-2H3/t14-,16+,17-,22+/m0/s1. The van der Waals surface area contributed by atoms with Crippen molar-refractivity contribution >= 4 is 5.82 Å². The third-order valence-corrected chi connectivity index (χ3v) is 6.74. The Hall–Kier alpha value is -3.40. The van der Waals surface area contributed by atoms with Crippen LogP contribution in [0.3, 0.4) is 0 Å². The van der Waals surface area contributed by atoms with E-state index >= 15 is 0 Å². The number of pyridine rings is 1. The summed E-state index contributed by atoms with van der Waals surface area (Å²) in [5, 5.41) is 22.2. The topological polar surface area (TPSA) is 96.2 Å². The first-order valence-electron chi connectivity index (χ1n) is 10.8. The molecule has 0 saturated carbocycles. The van der Waals surface area contributed by atoms with Gasteiger partial charge in [-0.25, -0.2) is 9.37 Å². The fourth-order valence-electron chi connectivity index (χ4n) is 4.74. The monoisotopic (exact) mass is 454 g/mol. The van der Waals surface area contributed by atoms with Crippen molar-refractivity contribution < 1.29 is 13.9 Å². The second kappa shape index (κ2) is 8.18. The minimum atomic E-state index is -0.994. The van der Waals surface area contributed by atoms with Crippen molar-refractivity contribution in [3.05, 3.63) is 52.8 Å². The third-order valence-electron chi connectivity index (χ3n) is 6.74. The van der Waals surface area contributed by atoms with Crippen molar-refractivity contribution in [1.29, 1.82) is 0 Å². The van der Waals surface area contributed by atoms with Crippen LogP contribution in [0.15, 0.2) is 41.3 Å². The van der Waals surface area contributed by atoms with E-state index in [1.807, 2.05) is 0 Å². The van der Waals surface area contributed by atoms with Gasteiger partial charge in [0.05, 0.1) is 17.8 Å². The number of halogens is 2. The van der Waals surface area contributed by atoms with Crippen LogP contribution < -0.4 is 15.8 Å². The molecule has 0 aliphatic carbocycles. The number of phenols is 1. The summed E-state index contributed by atoms with van der Waals surface area (Å²) in [6, 6.07) is 7.08. The molecule has 2 bridgehead atoms. The molecule has 1 aromatic carbocycles. The molecule has 0 unspecified atom stereocenters. The van der Waals surface area contributed by atoms with Crippen LogP contribution in [0.4, 0.5) is 14.6 Å². The van der Waals surface area contributed by atoms with Gasteiger partial charge in [0.2, 0.25) is 0 Å². The van der Waals surface area contributed by atoms with Gasteiger partial charge >= 0.3 is 0 Å². The lowest BCUT2D eigenvalue weighted by molar-refractivity contribution is 0.176. The highest BCUT2D eigenvalue weighted by Gasteiger charge is 2.43. The zero-order valence-corrected chi connectivity index (χ0v) is 18.2. The number of hydrogen-bond donors (Lipinski definition) is 2. The van der Waals surface area contributed by atoms with Crippen molar-refractivity contribution in [1.82, 2.24) is 25.1 Å².